The summed E-state index contributed by atoms with van der Waals surface area (Å²) in [6.07, 6.45) is 0. The van der Waals surface area contributed by atoms with Crippen LogP contribution < -0.4 is 10.1 Å². The molecule has 0 saturated carbocycles. The van der Waals surface area contributed by atoms with Crippen LogP contribution in [-0.2, 0) is 11.3 Å². The van der Waals surface area contributed by atoms with E-state index in [-0.39, 0.29) is 18.6 Å². The number of ether oxygens (including phenoxy) is 2. The minimum absolute atomic E-state index is 0.0750. The Bertz CT molecular complexity index is 1090. The van der Waals surface area contributed by atoms with Crippen LogP contribution in [-0.4, -0.2) is 19.0 Å². The molecule has 0 fully saturated rings. The molecule has 0 aliphatic carbocycles. The van der Waals surface area contributed by atoms with Gasteiger partial charge in [0.25, 0.3) is 5.91 Å². The second-order valence-electron chi connectivity index (χ2n) is 6.86. The Labute approximate surface area is 184 Å². The summed E-state index contributed by atoms with van der Waals surface area (Å²) in [5.41, 5.74) is 2.22. The SMILES string of the molecule is COC(=O)c1ccc([C@H](C)NC(=O)c2cc(Cl)ccc2COc2cccc(F)c2)cc1. The molecule has 160 valence electrons. The minimum atomic E-state index is -0.426. The van der Waals surface area contributed by atoms with Gasteiger partial charge in [0.1, 0.15) is 18.2 Å². The van der Waals surface area contributed by atoms with Crippen molar-refractivity contribution in [2.45, 2.75) is 19.6 Å². The topological polar surface area (TPSA) is 64.6 Å². The van der Waals surface area contributed by atoms with E-state index in [1.165, 1.54) is 19.2 Å². The van der Waals surface area contributed by atoms with Gasteiger partial charge in [-0.05, 0) is 48.9 Å². The van der Waals surface area contributed by atoms with Crippen LogP contribution >= 0.6 is 11.6 Å². The molecule has 5 nitrogen and oxygen atoms in total. The van der Waals surface area contributed by atoms with Crippen molar-refractivity contribution in [1.29, 1.82) is 0 Å². The van der Waals surface area contributed by atoms with Gasteiger partial charge >= 0.3 is 5.97 Å². The maximum absolute atomic E-state index is 13.4. The first-order valence-corrected chi connectivity index (χ1v) is 9.91. The Morgan fingerprint density at radius 2 is 1.81 bits per heavy atom. The lowest BCUT2D eigenvalue weighted by atomic mass is 10.0. The van der Waals surface area contributed by atoms with Crippen LogP contribution in [0.15, 0.2) is 66.7 Å². The zero-order valence-corrected chi connectivity index (χ0v) is 17.8. The van der Waals surface area contributed by atoms with E-state index in [9.17, 15) is 14.0 Å². The first-order chi connectivity index (χ1) is 14.9. The number of benzene rings is 3. The average Bonchev–Trinajstić information content (AvgIpc) is 2.77. The summed E-state index contributed by atoms with van der Waals surface area (Å²) in [6.45, 7) is 1.91. The van der Waals surface area contributed by atoms with Crippen LogP contribution in [0.5, 0.6) is 5.75 Å². The Hall–Kier alpha value is -3.38. The number of methoxy groups -OCH3 is 1. The van der Waals surface area contributed by atoms with Gasteiger partial charge in [0.2, 0.25) is 0 Å². The highest BCUT2D eigenvalue weighted by atomic mass is 35.5. The molecule has 0 aliphatic rings. The van der Waals surface area contributed by atoms with Crippen LogP contribution in [0.2, 0.25) is 5.02 Å². The quantitative estimate of drug-likeness (QED) is 0.503. The van der Waals surface area contributed by atoms with Gasteiger partial charge in [-0.2, -0.15) is 0 Å². The predicted molar refractivity (Wildman–Crippen MR) is 116 cm³/mol. The molecule has 0 bridgehead atoms. The summed E-state index contributed by atoms with van der Waals surface area (Å²) in [4.78, 5) is 24.5. The van der Waals surface area contributed by atoms with E-state index in [0.29, 0.717) is 27.5 Å². The van der Waals surface area contributed by atoms with Crippen LogP contribution in [0.3, 0.4) is 0 Å². The second kappa shape index (κ2) is 10.1. The number of carbonyl (C=O) groups excluding carboxylic acids is 2. The molecule has 1 N–H and O–H groups in total. The molecule has 3 aromatic carbocycles. The Morgan fingerprint density at radius 3 is 2.48 bits per heavy atom. The average molecular weight is 442 g/mol. The molecule has 0 aromatic heterocycles. The van der Waals surface area contributed by atoms with Gasteiger partial charge in [-0.1, -0.05) is 35.9 Å². The van der Waals surface area contributed by atoms with Crippen molar-refractivity contribution in [1.82, 2.24) is 5.32 Å². The predicted octanol–water partition coefficient (Wildman–Crippen LogP) is 5.34. The molecule has 1 amide bonds. The molecule has 0 heterocycles. The van der Waals surface area contributed by atoms with Gasteiger partial charge in [-0.3, -0.25) is 4.79 Å². The zero-order chi connectivity index (χ0) is 22.4. The highest BCUT2D eigenvalue weighted by molar-refractivity contribution is 6.31. The summed E-state index contributed by atoms with van der Waals surface area (Å²) >= 11 is 6.10. The maximum atomic E-state index is 13.4. The molecule has 0 aliphatic heterocycles. The lowest BCUT2D eigenvalue weighted by Crippen LogP contribution is -2.27. The van der Waals surface area contributed by atoms with Crippen molar-refractivity contribution in [2.75, 3.05) is 7.11 Å². The third-order valence-electron chi connectivity index (χ3n) is 4.69. The fourth-order valence-electron chi connectivity index (χ4n) is 2.99. The molecule has 0 unspecified atom stereocenters. The third-order valence-corrected chi connectivity index (χ3v) is 4.92. The second-order valence-corrected chi connectivity index (χ2v) is 7.29. The minimum Gasteiger partial charge on any atom is -0.489 e. The lowest BCUT2D eigenvalue weighted by Gasteiger charge is -2.17. The first kappa shape index (κ1) is 22.3. The monoisotopic (exact) mass is 441 g/mol. The standard InChI is InChI=1S/C24H21ClFNO4/c1-15(16-6-8-17(9-7-16)24(29)30-2)27-23(28)22-12-19(25)11-10-18(22)14-31-21-5-3-4-20(26)13-21/h3-13,15H,14H2,1-2H3,(H,27,28)/t15-/m0/s1. The van der Waals surface area contributed by atoms with Gasteiger partial charge in [-0.25, -0.2) is 9.18 Å². The molecule has 3 rings (SSSR count). The lowest BCUT2D eigenvalue weighted by molar-refractivity contribution is 0.0600. The number of hydrogen-bond donors (Lipinski definition) is 1. The number of halogens is 2. The summed E-state index contributed by atoms with van der Waals surface area (Å²) < 4.78 is 23.7. The number of hydrogen-bond acceptors (Lipinski definition) is 4. The van der Waals surface area contributed by atoms with Gasteiger partial charge in [0, 0.05) is 22.2 Å². The Kier molecular flexibility index (Phi) is 7.26. The van der Waals surface area contributed by atoms with Crippen LogP contribution in [0.1, 0.15) is 44.8 Å². The molecule has 0 saturated heterocycles. The number of nitrogens with one attached hydrogen (secondary N) is 1. The molecule has 7 heteroatoms. The number of rotatable bonds is 7. The molecular weight excluding hydrogens is 421 g/mol. The van der Waals surface area contributed by atoms with Gasteiger partial charge in [0.05, 0.1) is 18.7 Å². The van der Waals surface area contributed by atoms with E-state index in [1.807, 2.05) is 6.92 Å². The zero-order valence-electron chi connectivity index (χ0n) is 17.0. The summed E-state index contributed by atoms with van der Waals surface area (Å²) in [6, 6.07) is 17.2. The normalized spacial score (nSPS) is 11.5. The van der Waals surface area contributed by atoms with Crippen molar-refractivity contribution >= 4 is 23.5 Å². The van der Waals surface area contributed by atoms with Crippen LogP contribution in [0, 0.1) is 5.82 Å². The summed E-state index contributed by atoms with van der Waals surface area (Å²) in [7, 11) is 1.32. The fraction of sp³-hybridized carbons (Fsp3) is 0.167. The van der Waals surface area contributed by atoms with Crippen molar-refractivity contribution in [2.24, 2.45) is 0 Å². The highest BCUT2D eigenvalue weighted by Crippen LogP contribution is 2.21. The Morgan fingerprint density at radius 1 is 1.06 bits per heavy atom. The van der Waals surface area contributed by atoms with E-state index < -0.39 is 11.8 Å². The van der Waals surface area contributed by atoms with Gasteiger partial charge in [-0.15, -0.1) is 0 Å². The third kappa shape index (κ3) is 5.83. The number of esters is 1. The summed E-state index contributed by atoms with van der Waals surface area (Å²) in [5, 5.41) is 3.33. The molecule has 1 atom stereocenters. The van der Waals surface area contributed by atoms with Crippen molar-refractivity contribution in [3.63, 3.8) is 0 Å². The number of amides is 1. The Balaban J connectivity index is 1.73. The highest BCUT2D eigenvalue weighted by Gasteiger charge is 2.17. The number of carbonyl (C=O) groups is 2. The summed E-state index contributed by atoms with van der Waals surface area (Å²) in [5.74, 6) is -0.797. The maximum Gasteiger partial charge on any atom is 0.337 e. The first-order valence-electron chi connectivity index (χ1n) is 9.53. The van der Waals surface area contributed by atoms with Crippen molar-refractivity contribution < 1.29 is 23.5 Å². The fourth-order valence-corrected chi connectivity index (χ4v) is 3.16. The van der Waals surface area contributed by atoms with Crippen LogP contribution in [0.25, 0.3) is 0 Å². The molecule has 3 aromatic rings. The van der Waals surface area contributed by atoms with E-state index in [1.54, 1.807) is 54.6 Å². The van der Waals surface area contributed by atoms with Crippen molar-refractivity contribution in [3.8, 4) is 5.75 Å². The molecular formula is C24H21ClFNO4. The molecule has 31 heavy (non-hydrogen) atoms. The van der Waals surface area contributed by atoms with E-state index >= 15 is 0 Å². The smallest absolute Gasteiger partial charge is 0.337 e. The van der Waals surface area contributed by atoms with E-state index in [4.69, 9.17) is 21.1 Å². The van der Waals surface area contributed by atoms with E-state index in [0.717, 1.165) is 5.56 Å². The van der Waals surface area contributed by atoms with E-state index in [2.05, 4.69) is 5.32 Å². The van der Waals surface area contributed by atoms with Crippen LogP contribution in [0.4, 0.5) is 4.39 Å². The van der Waals surface area contributed by atoms with Crippen molar-refractivity contribution in [3.05, 3.63) is 99.8 Å². The van der Waals surface area contributed by atoms with Gasteiger partial charge < -0.3 is 14.8 Å². The van der Waals surface area contributed by atoms with Gasteiger partial charge in [0.15, 0.2) is 0 Å². The molecule has 0 radical (unpaired) electrons. The molecule has 0 spiro atoms. The largest absolute Gasteiger partial charge is 0.489 e.